The number of pyridine rings is 5. The molecule has 0 atom stereocenters. The predicted octanol–water partition coefficient (Wildman–Crippen LogP) is 34.3. The lowest BCUT2D eigenvalue weighted by molar-refractivity contribution is -0.644. The Bertz CT molecular complexity index is 10800. The van der Waals surface area contributed by atoms with Gasteiger partial charge in [0, 0.05) is 43.0 Å². The van der Waals surface area contributed by atoms with Crippen molar-refractivity contribution in [3.63, 3.8) is 0 Å². The molecule has 5 aliphatic carbocycles. The van der Waals surface area contributed by atoms with Gasteiger partial charge in [0.1, 0.15) is 35.2 Å². The number of aromatic nitrogens is 5. The third-order valence-corrected chi connectivity index (χ3v) is 34.1. The van der Waals surface area contributed by atoms with Crippen LogP contribution in [0.25, 0.3) is 218 Å². The molecule has 0 N–H and O–H groups in total. The molecule has 20 aromatic carbocycles. The van der Waals surface area contributed by atoms with Crippen molar-refractivity contribution in [1.29, 1.82) is 0 Å². The molecule has 0 amide bonds. The smallest absolute Gasteiger partial charge is 0.200 e. The Morgan fingerprint density at radius 3 is 0.847 bits per heavy atom. The number of hydrogen-bond acceptors (Lipinski definition) is 0. The lowest BCUT2D eigenvalue weighted by Gasteiger charge is -2.21. The molecule has 0 fully saturated rings. The van der Waals surface area contributed by atoms with E-state index >= 15 is 0 Å². The van der Waals surface area contributed by atoms with Gasteiger partial charge in [-0.25, -0.2) is 22.8 Å². The summed E-state index contributed by atoms with van der Waals surface area (Å²) in [5.41, 5.74) is 44.6. The van der Waals surface area contributed by atoms with Crippen LogP contribution in [0, 0.1) is 67.6 Å². The molecule has 5 heteroatoms. The molecule has 0 unspecified atom stereocenters. The first-order valence-corrected chi connectivity index (χ1v) is 53.3. The van der Waals surface area contributed by atoms with E-state index in [0.717, 1.165) is 108 Å². The van der Waals surface area contributed by atoms with Crippen LogP contribution >= 0.6 is 0 Å². The van der Waals surface area contributed by atoms with E-state index in [9.17, 15) is 2.74 Å². The average molecular weight is 1950 g/mol. The van der Waals surface area contributed by atoms with Crippen LogP contribution in [0.2, 0.25) is 0 Å². The number of benzene rings is 20. The number of hydrogen-bond donors (Lipinski definition) is 0. The van der Waals surface area contributed by atoms with Gasteiger partial charge in [-0.3, -0.25) is 0 Å². The van der Waals surface area contributed by atoms with Gasteiger partial charge in [-0.1, -0.05) is 291 Å². The molecule has 0 bridgehead atoms. The number of aryl methyl sites for hydroxylation is 14. The summed E-state index contributed by atoms with van der Waals surface area (Å²) in [6.07, 6.45) is 13.3. The summed E-state index contributed by atoms with van der Waals surface area (Å²) in [6.45, 7) is 24.5. The van der Waals surface area contributed by atoms with Gasteiger partial charge in [0.2, 0.25) is 27.6 Å². The minimum Gasteiger partial charge on any atom is -0.200 e. The molecule has 5 aromatic heterocycles. The van der Waals surface area contributed by atoms with Gasteiger partial charge in [0.15, 0.2) is 31.0 Å². The van der Waals surface area contributed by atoms with Crippen LogP contribution in [0.15, 0.2) is 322 Å². The Morgan fingerprint density at radius 1 is 0.253 bits per heavy atom. The maximum atomic E-state index is 9.18. The molecule has 0 saturated heterocycles. The van der Waals surface area contributed by atoms with Gasteiger partial charge >= 0.3 is 0 Å². The highest BCUT2D eigenvalue weighted by atomic mass is 14.9. The summed E-state index contributed by atoms with van der Waals surface area (Å²) in [7, 11) is 10.3. The first-order valence-electron chi connectivity index (χ1n) is 58.3. The summed E-state index contributed by atoms with van der Waals surface area (Å²) in [5.74, 6) is -1.77. The molecule has 0 spiro atoms. The maximum absolute atomic E-state index is 9.18. The summed E-state index contributed by atoms with van der Waals surface area (Å²) in [6, 6.07) is 105. The van der Waals surface area contributed by atoms with E-state index in [1.165, 1.54) is 247 Å². The van der Waals surface area contributed by atoms with Gasteiger partial charge in [0.25, 0.3) is 0 Å². The quantitative estimate of drug-likeness (QED) is 0.124. The molecule has 730 valence electrons. The van der Waals surface area contributed by atoms with Crippen molar-refractivity contribution in [3.8, 4) is 55.6 Å². The SMILES string of the molecule is Cc1cc[n+](C)c2c1c1ccccc1c1cc3c(c(C)c12)-c1ccccc1C3.[2H]C(C)(C)c1cc[n+](C)c2c1c1ccccc1c1cc3c(c(C)c12)-c1ccccc1C3.[2H]C([2H])([2H])c1c[n+](C)c2c(c1C)c1ccccc1c1cc3c(c(C)c12)-c1ccccc1C3.[2H]C([2H])([2H])c1c[n+](C)c2c3c(C)c4c(cc3c3ccccc3c2c1C([2H])(C)C)Cc1ccccc1-4.[2H]C([2H])(c1cc[n+](C)c2c1c1ccccc1c1cc3c(c(C)c12)-c1ccccc1C3)C(C)(C)C. The van der Waals surface area contributed by atoms with Gasteiger partial charge in [0.05, 0.1) is 53.9 Å². The minimum absolute atomic E-state index is 0.251. The molecule has 0 radical (unpaired) electrons. The molecule has 0 saturated carbocycles. The van der Waals surface area contributed by atoms with E-state index in [0.29, 0.717) is 11.1 Å². The fourth-order valence-corrected chi connectivity index (χ4v) is 28.0. The third-order valence-electron chi connectivity index (χ3n) is 34.1. The Hall–Kier alpha value is -16.0. The Kier molecular flexibility index (Phi) is 19.6. The fourth-order valence-electron chi connectivity index (χ4n) is 28.0. The van der Waals surface area contributed by atoms with Crippen molar-refractivity contribution in [3.05, 3.63) is 445 Å². The normalized spacial score (nSPS) is 14.2. The number of rotatable bonds is 3. The molecule has 5 aliphatic rings. The van der Waals surface area contributed by atoms with Crippen LogP contribution in [0.1, 0.15) is 196 Å². The first kappa shape index (κ1) is 83.0. The van der Waals surface area contributed by atoms with Gasteiger partial charge < -0.3 is 0 Å². The monoisotopic (exact) mass is 1950 g/mol. The lowest BCUT2D eigenvalue weighted by atomic mass is 9.83. The number of nitrogens with zero attached hydrogens (tertiary/aromatic N) is 5. The van der Waals surface area contributed by atoms with Crippen molar-refractivity contribution in [1.82, 2.24) is 0 Å². The van der Waals surface area contributed by atoms with Crippen molar-refractivity contribution in [2.24, 2.45) is 40.7 Å². The maximum Gasteiger partial charge on any atom is 0.221 e. The highest BCUT2D eigenvalue weighted by Gasteiger charge is 2.36. The minimum atomic E-state index is -2.32. The van der Waals surface area contributed by atoms with Crippen molar-refractivity contribution in [2.75, 3.05) is 0 Å². The Morgan fingerprint density at radius 2 is 0.513 bits per heavy atom. The van der Waals surface area contributed by atoms with Crippen molar-refractivity contribution in [2.45, 2.75) is 161 Å². The van der Waals surface area contributed by atoms with E-state index in [2.05, 4.69) is 356 Å². The van der Waals surface area contributed by atoms with E-state index < -0.39 is 37.3 Å². The topological polar surface area (TPSA) is 19.4 Å². The summed E-state index contributed by atoms with van der Waals surface area (Å²) in [4.78, 5) is 0. The van der Waals surface area contributed by atoms with Crippen LogP contribution in [0.3, 0.4) is 0 Å². The molecular weight excluding hydrogens is 1810 g/mol. The second kappa shape index (κ2) is 35.4. The molecule has 5 nitrogen and oxygen atoms in total. The highest BCUT2D eigenvalue weighted by Crippen LogP contribution is 2.55. The Labute approximate surface area is 894 Å². The predicted molar refractivity (Wildman–Crippen MR) is 636 cm³/mol. The second-order valence-corrected chi connectivity index (χ2v) is 44.8. The van der Waals surface area contributed by atoms with Crippen LogP contribution in [-0.4, -0.2) is 0 Å². The zero-order valence-corrected chi connectivity index (χ0v) is 89.4. The standard InChI is InChI=1S/C31H30N.C30H28N.C29H26N.C28H24N.C27H22N/c1-19-27-22(16-20-10-6-7-11-23(20)27)17-26-24-12-8-9-13-25(24)29-21(18-31(2,3)4)14-15-32(5)30(29)28(19)26;1-17(2)26-18(3)16-31(5)30-28-19(4)27-21(14-20-10-6-7-11-22(20)27)15-25(28)23-12-8-9-13-24(23)29(26)30;1-17(2)21-13-14-30(4)29-27-18(3)26-20(15-19-9-5-6-10-22(19)26)16-25(27)23-11-7-8-12-24(23)28(21)29;1-16-15-29(4)28-26(17(16)2)23-12-8-7-11-22(23)24-14-20-13-19-9-5-6-10-21(19)25(20)18(3)27(24)28;1-16-12-13-28(3)27-24(16)22-11-7-6-10-21(22)23-15-19-14-18-8-4-5-9-20(18)25(19)17(2)26(23)27/h6-15,17H,16,18H2,1-5H3;6-13,15-17H,14H2,1-5H3;5-14,16-17H,15H2,1-4H3;5-12,14-15H,13H2,1-4H3;4-13,15H,14H2,1-3H3/q5*+1/i18D2;3D3,17D;17D;1D3;. The molecule has 5 heterocycles. The molecular formula is C145H130N5+5. The fraction of sp³-hybridized carbons (Fsp3) is 0.207. The van der Waals surface area contributed by atoms with E-state index in [-0.39, 0.29) is 5.56 Å². The van der Waals surface area contributed by atoms with Gasteiger partial charge in [-0.2, -0.15) is 0 Å². The molecule has 30 rings (SSSR count). The molecule has 25 aromatic rings. The highest BCUT2D eigenvalue weighted by molar-refractivity contribution is 6.32. The largest absolute Gasteiger partial charge is 0.221 e. The summed E-state index contributed by atoms with van der Waals surface area (Å²) >= 11 is 0. The first-order chi connectivity index (χ1) is 76.4. The van der Waals surface area contributed by atoms with Gasteiger partial charge in [-0.15, -0.1) is 0 Å². The zero-order chi connectivity index (χ0) is 112. The second-order valence-electron chi connectivity index (χ2n) is 44.8. The van der Waals surface area contributed by atoms with Crippen molar-refractivity contribution >= 4 is 162 Å². The van der Waals surface area contributed by atoms with Crippen molar-refractivity contribution < 1.29 is 36.5 Å². The summed E-state index contributed by atoms with van der Waals surface area (Å²) < 4.78 is 96.2. The van der Waals surface area contributed by atoms with E-state index in [4.69, 9.17) is 11.0 Å². The average Bonchev–Trinajstić information content (AvgIpc) is 0.824. The Balaban J connectivity index is 0.0000000992. The van der Waals surface area contributed by atoms with Crippen LogP contribution in [0.5, 0.6) is 0 Å². The van der Waals surface area contributed by atoms with Crippen LogP contribution < -0.4 is 22.8 Å². The lowest BCUT2D eigenvalue weighted by Crippen LogP contribution is -2.30. The molecule has 150 heavy (non-hydrogen) atoms. The van der Waals surface area contributed by atoms with Gasteiger partial charge in [-0.05, 0) is 396 Å². The molecule has 0 aliphatic heterocycles. The van der Waals surface area contributed by atoms with Crippen LogP contribution in [0.4, 0.5) is 0 Å². The third kappa shape index (κ3) is 14.3. The van der Waals surface area contributed by atoms with E-state index in [1.54, 1.807) is 26.2 Å². The van der Waals surface area contributed by atoms with E-state index in [1.807, 2.05) is 95.2 Å². The number of fused-ring (bicyclic) bond motifs is 45. The van der Waals surface area contributed by atoms with Crippen LogP contribution in [-0.2, 0) is 73.7 Å². The summed E-state index contributed by atoms with van der Waals surface area (Å²) in [5, 5.41) is 30.2. The zero-order valence-electron chi connectivity index (χ0n) is 99.4.